The lowest BCUT2D eigenvalue weighted by Gasteiger charge is -2.38. The molecule has 8 heteroatoms. The number of amides is 2. The van der Waals surface area contributed by atoms with E-state index in [1.807, 2.05) is 0 Å². The van der Waals surface area contributed by atoms with Crippen molar-refractivity contribution in [2.45, 2.75) is 72.1 Å². The van der Waals surface area contributed by atoms with Crippen molar-refractivity contribution in [1.82, 2.24) is 10.2 Å². The van der Waals surface area contributed by atoms with E-state index in [9.17, 15) is 14.4 Å². The molecule has 0 aliphatic carbocycles. The second-order valence-electron chi connectivity index (χ2n) is 8.33. The van der Waals surface area contributed by atoms with Gasteiger partial charge in [-0.2, -0.15) is 0 Å². The van der Waals surface area contributed by atoms with Gasteiger partial charge in [0.15, 0.2) is 0 Å². The Morgan fingerprint density at radius 1 is 1.04 bits per heavy atom. The van der Waals surface area contributed by atoms with Gasteiger partial charge >= 0.3 is 18.2 Å². The number of nitrogens with one attached hydrogen (secondary N) is 1. The number of carbonyl (C=O) groups is 3. The molecule has 0 spiro atoms. The molecule has 1 aliphatic heterocycles. The maximum atomic E-state index is 12.3. The Hall–Kier alpha value is -1.99. The first-order valence-corrected chi connectivity index (χ1v) is 8.96. The molecule has 0 unspecified atom stereocenters. The fraction of sp³-hybridized carbons (Fsp3) is 0.833. The minimum absolute atomic E-state index is 0.150. The van der Waals surface area contributed by atoms with Crippen LogP contribution < -0.4 is 5.32 Å². The Labute approximate surface area is 155 Å². The normalized spacial score (nSPS) is 21.0. The fourth-order valence-electron chi connectivity index (χ4n) is 2.58. The molecule has 26 heavy (non-hydrogen) atoms. The number of esters is 1. The molecule has 0 bridgehead atoms. The third-order valence-electron chi connectivity index (χ3n) is 3.56. The lowest BCUT2D eigenvalue weighted by molar-refractivity contribution is -0.150. The van der Waals surface area contributed by atoms with Crippen molar-refractivity contribution in [1.29, 1.82) is 0 Å². The molecule has 0 radical (unpaired) electrons. The Morgan fingerprint density at radius 2 is 1.62 bits per heavy atom. The van der Waals surface area contributed by atoms with Crippen LogP contribution in [0, 0.1) is 5.92 Å². The highest BCUT2D eigenvalue weighted by molar-refractivity contribution is 5.76. The Bertz CT molecular complexity index is 521. The SMILES string of the molecule is CCOC(=O)[C@@H]1CCN(C(=O)OC(C)(C)C)C[C@@H]1NC(=O)OC(C)(C)C. The van der Waals surface area contributed by atoms with Gasteiger partial charge in [-0.05, 0) is 54.9 Å². The van der Waals surface area contributed by atoms with Gasteiger partial charge in [-0.25, -0.2) is 9.59 Å². The first kappa shape index (κ1) is 22.1. The number of hydrogen-bond donors (Lipinski definition) is 1. The summed E-state index contributed by atoms with van der Waals surface area (Å²) in [5.41, 5.74) is -1.29. The molecule has 1 aliphatic rings. The number of likely N-dealkylation sites (tertiary alicyclic amines) is 1. The van der Waals surface area contributed by atoms with Crippen LogP contribution >= 0.6 is 0 Å². The molecule has 1 N–H and O–H groups in total. The Kier molecular flexibility index (Phi) is 7.29. The van der Waals surface area contributed by atoms with Crippen LogP contribution in [0.3, 0.4) is 0 Å². The summed E-state index contributed by atoms with van der Waals surface area (Å²) >= 11 is 0. The molecule has 1 saturated heterocycles. The zero-order chi connectivity index (χ0) is 20.1. The topological polar surface area (TPSA) is 94.2 Å². The lowest BCUT2D eigenvalue weighted by Crippen LogP contribution is -2.57. The van der Waals surface area contributed by atoms with Gasteiger partial charge in [-0.15, -0.1) is 0 Å². The molecule has 2 amide bonds. The number of ether oxygens (including phenoxy) is 3. The summed E-state index contributed by atoms with van der Waals surface area (Å²) in [5, 5.41) is 2.70. The summed E-state index contributed by atoms with van der Waals surface area (Å²) in [6.07, 6.45) is -0.739. The highest BCUT2D eigenvalue weighted by atomic mass is 16.6. The average molecular weight is 372 g/mol. The molecular weight excluding hydrogens is 340 g/mol. The quantitative estimate of drug-likeness (QED) is 0.605. The third kappa shape index (κ3) is 7.49. The number of carbonyl (C=O) groups excluding carboxylic acids is 3. The van der Waals surface area contributed by atoms with Crippen LogP contribution in [0.15, 0.2) is 0 Å². The fourth-order valence-corrected chi connectivity index (χ4v) is 2.58. The summed E-state index contributed by atoms with van der Waals surface area (Å²) in [7, 11) is 0. The number of hydrogen-bond acceptors (Lipinski definition) is 6. The van der Waals surface area contributed by atoms with E-state index < -0.39 is 41.3 Å². The van der Waals surface area contributed by atoms with Gasteiger partial charge in [0.25, 0.3) is 0 Å². The van der Waals surface area contributed by atoms with Crippen molar-refractivity contribution >= 4 is 18.2 Å². The summed E-state index contributed by atoms with van der Waals surface area (Å²) in [6, 6.07) is -0.606. The van der Waals surface area contributed by atoms with Crippen LogP contribution in [-0.4, -0.2) is 60.0 Å². The van der Waals surface area contributed by atoms with Crippen LogP contribution in [0.4, 0.5) is 9.59 Å². The molecule has 0 aromatic heterocycles. The zero-order valence-corrected chi connectivity index (χ0v) is 16.9. The second kappa shape index (κ2) is 8.60. The van der Waals surface area contributed by atoms with Gasteiger partial charge in [0, 0.05) is 13.1 Å². The van der Waals surface area contributed by atoms with E-state index in [2.05, 4.69) is 5.32 Å². The second-order valence-corrected chi connectivity index (χ2v) is 8.33. The van der Waals surface area contributed by atoms with E-state index in [1.54, 1.807) is 48.5 Å². The maximum Gasteiger partial charge on any atom is 0.410 e. The van der Waals surface area contributed by atoms with E-state index in [0.29, 0.717) is 13.0 Å². The van der Waals surface area contributed by atoms with Crippen molar-refractivity contribution in [3.05, 3.63) is 0 Å². The third-order valence-corrected chi connectivity index (χ3v) is 3.56. The molecule has 1 fully saturated rings. The highest BCUT2D eigenvalue weighted by Gasteiger charge is 2.39. The van der Waals surface area contributed by atoms with Gasteiger partial charge in [-0.1, -0.05) is 0 Å². The van der Waals surface area contributed by atoms with Crippen LogP contribution in [0.25, 0.3) is 0 Å². The van der Waals surface area contributed by atoms with Gasteiger partial charge < -0.3 is 24.4 Å². The molecule has 1 rings (SSSR count). The van der Waals surface area contributed by atoms with Crippen LogP contribution in [0.2, 0.25) is 0 Å². The first-order valence-electron chi connectivity index (χ1n) is 8.96. The largest absolute Gasteiger partial charge is 0.466 e. The van der Waals surface area contributed by atoms with Crippen LogP contribution in [-0.2, 0) is 19.0 Å². The maximum absolute atomic E-state index is 12.3. The summed E-state index contributed by atoms with van der Waals surface area (Å²) < 4.78 is 15.8. The summed E-state index contributed by atoms with van der Waals surface area (Å²) in [5.74, 6) is -0.932. The van der Waals surface area contributed by atoms with E-state index in [4.69, 9.17) is 14.2 Å². The van der Waals surface area contributed by atoms with Crippen LogP contribution in [0.1, 0.15) is 54.9 Å². The Balaban J connectivity index is 2.85. The van der Waals surface area contributed by atoms with E-state index in [0.717, 1.165) is 0 Å². The molecule has 0 saturated carbocycles. The van der Waals surface area contributed by atoms with Crippen molar-refractivity contribution in [3.8, 4) is 0 Å². The molecule has 0 aromatic rings. The van der Waals surface area contributed by atoms with Gasteiger partial charge in [-0.3, -0.25) is 4.79 Å². The molecule has 150 valence electrons. The summed E-state index contributed by atoms with van der Waals surface area (Å²) in [4.78, 5) is 38.2. The van der Waals surface area contributed by atoms with Gasteiger partial charge in [0.1, 0.15) is 11.2 Å². The minimum atomic E-state index is -0.664. The molecule has 0 aromatic carbocycles. The van der Waals surface area contributed by atoms with E-state index in [-0.39, 0.29) is 13.2 Å². The molecule has 8 nitrogen and oxygen atoms in total. The first-order chi connectivity index (χ1) is 11.8. The number of rotatable bonds is 3. The molecule has 1 heterocycles. The smallest absolute Gasteiger partial charge is 0.410 e. The standard InChI is InChI=1S/C18H32N2O6/c1-8-24-14(21)12-9-10-20(16(23)26-18(5,6)7)11-13(12)19-15(22)25-17(2,3)4/h12-13H,8-11H2,1-7H3,(H,19,22)/t12-,13+/m1/s1. The van der Waals surface area contributed by atoms with E-state index >= 15 is 0 Å². The van der Waals surface area contributed by atoms with Crippen molar-refractivity contribution in [2.75, 3.05) is 19.7 Å². The monoisotopic (exact) mass is 372 g/mol. The predicted octanol–water partition coefficient (Wildman–Crippen LogP) is 2.70. The summed E-state index contributed by atoms with van der Waals surface area (Å²) in [6.45, 7) is 13.1. The van der Waals surface area contributed by atoms with Crippen molar-refractivity contribution in [2.24, 2.45) is 5.92 Å². The molecular formula is C18H32N2O6. The average Bonchev–Trinajstić information content (AvgIpc) is 2.43. The van der Waals surface area contributed by atoms with Crippen LogP contribution in [0.5, 0.6) is 0 Å². The molecule has 2 atom stereocenters. The van der Waals surface area contributed by atoms with Crippen molar-refractivity contribution in [3.63, 3.8) is 0 Å². The minimum Gasteiger partial charge on any atom is -0.466 e. The van der Waals surface area contributed by atoms with Crippen molar-refractivity contribution < 1.29 is 28.6 Å². The number of nitrogens with zero attached hydrogens (tertiary/aromatic N) is 1. The predicted molar refractivity (Wildman–Crippen MR) is 95.7 cm³/mol. The lowest BCUT2D eigenvalue weighted by atomic mass is 9.92. The van der Waals surface area contributed by atoms with Gasteiger partial charge in [0.2, 0.25) is 0 Å². The van der Waals surface area contributed by atoms with Gasteiger partial charge in [0.05, 0.1) is 18.6 Å². The highest BCUT2D eigenvalue weighted by Crippen LogP contribution is 2.22. The Morgan fingerprint density at radius 3 is 2.12 bits per heavy atom. The van der Waals surface area contributed by atoms with E-state index in [1.165, 1.54) is 4.90 Å². The number of piperidine rings is 1. The zero-order valence-electron chi connectivity index (χ0n) is 16.9. The number of alkyl carbamates (subject to hydrolysis) is 1.